The van der Waals surface area contributed by atoms with Gasteiger partial charge in [-0.15, -0.1) is 0 Å². The van der Waals surface area contributed by atoms with Gasteiger partial charge < -0.3 is 15.8 Å². The van der Waals surface area contributed by atoms with Crippen LogP contribution in [0.25, 0.3) is 0 Å². The number of ether oxygens (including phenoxy) is 1. The lowest BCUT2D eigenvalue weighted by atomic mass is 10.1. The topological polar surface area (TPSA) is 93.0 Å². The fourth-order valence-corrected chi connectivity index (χ4v) is 1.79. The van der Waals surface area contributed by atoms with E-state index in [4.69, 9.17) is 10.5 Å². The minimum absolute atomic E-state index is 0.000438. The van der Waals surface area contributed by atoms with Crippen LogP contribution in [0.5, 0.6) is 5.75 Å². The summed E-state index contributed by atoms with van der Waals surface area (Å²) < 4.78 is 5.26. The van der Waals surface area contributed by atoms with Crippen LogP contribution in [0.3, 0.4) is 0 Å². The first kappa shape index (κ1) is 12.9. The molecule has 0 radical (unpaired) electrons. The van der Waals surface area contributed by atoms with E-state index in [1.165, 1.54) is 0 Å². The van der Waals surface area contributed by atoms with E-state index in [9.17, 15) is 4.79 Å². The van der Waals surface area contributed by atoms with Crippen LogP contribution < -0.4 is 15.8 Å². The number of primary amides is 1. The zero-order valence-corrected chi connectivity index (χ0v) is 10.8. The molecular formula is C13H16N4O2. The number of amides is 1. The SMILES string of the molecule is COc1ccc(C(N)=O)cc1NC(C)c1ccn[nH]1. The smallest absolute Gasteiger partial charge is 0.248 e. The van der Waals surface area contributed by atoms with E-state index in [0.717, 1.165) is 5.69 Å². The van der Waals surface area contributed by atoms with Gasteiger partial charge in [-0.05, 0) is 31.2 Å². The molecule has 1 aromatic carbocycles. The molecule has 0 saturated carbocycles. The molecule has 4 N–H and O–H groups in total. The first-order valence-electron chi connectivity index (χ1n) is 5.85. The van der Waals surface area contributed by atoms with E-state index in [0.29, 0.717) is 17.0 Å². The molecule has 2 rings (SSSR count). The lowest BCUT2D eigenvalue weighted by Crippen LogP contribution is -2.13. The van der Waals surface area contributed by atoms with Gasteiger partial charge in [-0.1, -0.05) is 0 Å². The fraction of sp³-hybridized carbons (Fsp3) is 0.231. The number of anilines is 1. The van der Waals surface area contributed by atoms with Crippen molar-refractivity contribution in [3.63, 3.8) is 0 Å². The number of carbonyl (C=O) groups excluding carboxylic acids is 1. The summed E-state index contributed by atoms with van der Waals surface area (Å²) >= 11 is 0. The van der Waals surface area contributed by atoms with Gasteiger partial charge in [0.1, 0.15) is 5.75 Å². The van der Waals surface area contributed by atoms with Crippen molar-refractivity contribution in [2.75, 3.05) is 12.4 Å². The Morgan fingerprint density at radius 3 is 2.84 bits per heavy atom. The number of aromatic amines is 1. The molecule has 1 atom stereocenters. The van der Waals surface area contributed by atoms with Gasteiger partial charge in [0, 0.05) is 11.8 Å². The van der Waals surface area contributed by atoms with Gasteiger partial charge in [0.25, 0.3) is 0 Å². The Hall–Kier alpha value is -2.50. The van der Waals surface area contributed by atoms with E-state index in [1.807, 2.05) is 13.0 Å². The lowest BCUT2D eigenvalue weighted by Gasteiger charge is -2.17. The molecule has 2 aromatic rings. The molecular weight excluding hydrogens is 244 g/mol. The average Bonchev–Trinajstić information content (AvgIpc) is 2.92. The van der Waals surface area contributed by atoms with Gasteiger partial charge in [0.05, 0.1) is 24.5 Å². The number of nitrogens with two attached hydrogens (primary N) is 1. The van der Waals surface area contributed by atoms with Gasteiger partial charge in [-0.3, -0.25) is 9.89 Å². The number of carbonyl (C=O) groups is 1. The molecule has 0 aliphatic heterocycles. The van der Waals surface area contributed by atoms with Crippen molar-refractivity contribution < 1.29 is 9.53 Å². The third kappa shape index (κ3) is 2.85. The van der Waals surface area contributed by atoms with Crippen LogP contribution in [0, 0.1) is 0 Å². The maximum absolute atomic E-state index is 11.2. The highest BCUT2D eigenvalue weighted by atomic mass is 16.5. The molecule has 0 fully saturated rings. The number of benzene rings is 1. The average molecular weight is 260 g/mol. The lowest BCUT2D eigenvalue weighted by molar-refractivity contribution is 0.100. The number of rotatable bonds is 5. The highest BCUT2D eigenvalue weighted by Gasteiger charge is 2.12. The van der Waals surface area contributed by atoms with Crippen molar-refractivity contribution in [2.45, 2.75) is 13.0 Å². The van der Waals surface area contributed by atoms with Crippen LogP contribution in [-0.2, 0) is 0 Å². The van der Waals surface area contributed by atoms with Crippen LogP contribution in [0.15, 0.2) is 30.5 Å². The summed E-state index contributed by atoms with van der Waals surface area (Å²) in [4.78, 5) is 11.2. The predicted molar refractivity (Wildman–Crippen MR) is 72.1 cm³/mol. The molecule has 19 heavy (non-hydrogen) atoms. The number of hydrogen-bond donors (Lipinski definition) is 3. The summed E-state index contributed by atoms with van der Waals surface area (Å²) in [6, 6.07) is 6.89. The third-order valence-corrected chi connectivity index (χ3v) is 2.84. The minimum Gasteiger partial charge on any atom is -0.495 e. The Kier molecular flexibility index (Phi) is 3.70. The van der Waals surface area contributed by atoms with Crippen molar-refractivity contribution in [3.05, 3.63) is 41.7 Å². The number of hydrogen-bond acceptors (Lipinski definition) is 4. The van der Waals surface area contributed by atoms with Gasteiger partial charge in [-0.25, -0.2) is 0 Å². The minimum atomic E-state index is -0.472. The quantitative estimate of drug-likeness (QED) is 0.762. The Morgan fingerprint density at radius 2 is 2.26 bits per heavy atom. The summed E-state index contributed by atoms with van der Waals surface area (Å²) in [5, 5.41) is 10.0. The summed E-state index contributed by atoms with van der Waals surface area (Å²) in [6.45, 7) is 1.98. The van der Waals surface area contributed by atoms with E-state index < -0.39 is 5.91 Å². The molecule has 100 valence electrons. The predicted octanol–water partition coefficient (Wildman–Crippen LogP) is 1.69. The molecule has 1 heterocycles. The molecule has 0 saturated heterocycles. The highest BCUT2D eigenvalue weighted by molar-refractivity contribution is 5.94. The van der Waals surface area contributed by atoms with Crippen LogP contribution in [0.4, 0.5) is 5.69 Å². The number of methoxy groups -OCH3 is 1. The monoisotopic (exact) mass is 260 g/mol. The van der Waals surface area contributed by atoms with Crippen molar-refractivity contribution in [1.29, 1.82) is 0 Å². The van der Waals surface area contributed by atoms with Gasteiger partial charge >= 0.3 is 0 Å². The maximum Gasteiger partial charge on any atom is 0.248 e. The Morgan fingerprint density at radius 1 is 1.47 bits per heavy atom. The van der Waals surface area contributed by atoms with Crippen molar-refractivity contribution in [2.24, 2.45) is 5.73 Å². The van der Waals surface area contributed by atoms with Crippen LogP contribution in [0.1, 0.15) is 29.0 Å². The summed E-state index contributed by atoms with van der Waals surface area (Å²) in [7, 11) is 1.57. The van der Waals surface area contributed by atoms with E-state index >= 15 is 0 Å². The number of nitrogens with zero attached hydrogens (tertiary/aromatic N) is 1. The second kappa shape index (κ2) is 5.43. The molecule has 6 nitrogen and oxygen atoms in total. The second-order valence-corrected chi connectivity index (χ2v) is 4.16. The summed E-state index contributed by atoms with van der Waals surface area (Å²) in [6.07, 6.45) is 1.69. The van der Waals surface area contributed by atoms with Crippen LogP contribution in [0.2, 0.25) is 0 Å². The molecule has 0 aliphatic rings. The Balaban J connectivity index is 2.27. The van der Waals surface area contributed by atoms with Gasteiger partial charge in [0.15, 0.2) is 0 Å². The first-order chi connectivity index (χ1) is 9.11. The van der Waals surface area contributed by atoms with E-state index in [-0.39, 0.29) is 6.04 Å². The van der Waals surface area contributed by atoms with Crippen LogP contribution in [-0.4, -0.2) is 23.2 Å². The molecule has 0 spiro atoms. The Labute approximate surface area is 111 Å². The van der Waals surface area contributed by atoms with E-state index in [1.54, 1.807) is 31.5 Å². The molecule has 1 aromatic heterocycles. The van der Waals surface area contributed by atoms with Crippen molar-refractivity contribution >= 4 is 11.6 Å². The van der Waals surface area contributed by atoms with Crippen molar-refractivity contribution in [3.8, 4) is 5.75 Å². The standard InChI is InChI=1S/C13H16N4O2/c1-8(10-5-6-15-17-10)16-11-7-9(13(14)18)3-4-12(11)19-2/h3-8,16H,1-2H3,(H2,14,18)(H,15,17). The fourth-order valence-electron chi connectivity index (χ4n) is 1.79. The number of H-pyrrole nitrogens is 1. The third-order valence-electron chi connectivity index (χ3n) is 2.84. The van der Waals surface area contributed by atoms with Gasteiger partial charge in [0.2, 0.25) is 5.91 Å². The largest absolute Gasteiger partial charge is 0.495 e. The first-order valence-corrected chi connectivity index (χ1v) is 5.85. The zero-order chi connectivity index (χ0) is 13.8. The van der Waals surface area contributed by atoms with E-state index in [2.05, 4.69) is 15.5 Å². The highest BCUT2D eigenvalue weighted by Crippen LogP contribution is 2.28. The van der Waals surface area contributed by atoms with Gasteiger partial charge in [-0.2, -0.15) is 5.10 Å². The number of nitrogens with one attached hydrogen (secondary N) is 2. The van der Waals surface area contributed by atoms with Crippen LogP contribution >= 0.6 is 0 Å². The Bertz CT molecular complexity index is 566. The normalized spacial score (nSPS) is 11.9. The second-order valence-electron chi connectivity index (χ2n) is 4.16. The number of aromatic nitrogens is 2. The van der Waals surface area contributed by atoms with Crippen molar-refractivity contribution in [1.82, 2.24) is 10.2 Å². The molecule has 1 unspecified atom stereocenters. The molecule has 1 amide bonds. The zero-order valence-electron chi connectivity index (χ0n) is 10.8. The molecule has 6 heteroatoms. The summed E-state index contributed by atoms with van der Waals surface area (Å²) in [5.74, 6) is 0.177. The molecule has 0 aliphatic carbocycles. The molecule has 0 bridgehead atoms. The maximum atomic E-state index is 11.2. The summed E-state index contributed by atoms with van der Waals surface area (Å²) in [5.41, 5.74) is 7.35.